The van der Waals surface area contributed by atoms with Crippen molar-refractivity contribution in [3.63, 3.8) is 0 Å². The minimum atomic E-state index is -0.261. The zero-order valence-electron chi connectivity index (χ0n) is 10.6. The first kappa shape index (κ1) is 13.3. The molecule has 1 aromatic rings. The van der Waals surface area contributed by atoms with E-state index in [0.29, 0.717) is 28.3 Å². The Morgan fingerprint density at radius 3 is 2.68 bits per heavy atom. The number of hydrogen-bond acceptors (Lipinski definition) is 2. The fourth-order valence-corrected chi connectivity index (χ4v) is 3.69. The summed E-state index contributed by atoms with van der Waals surface area (Å²) in [5, 5.41) is 10.7. The third kappa shape index (κ3) is 2.06. The van der Waals surface area contributed by atoms with Crippen molar-refractivity contribution in [3.05, 3.63) is 21.9 Å². The third-order valence-electron chi connectivity index (χ3n) is 4.44. The van der Waals surface area contributed by atoms with E-state index in [1.165, 1.54) is 0 Å². The van der Waals surface area contributed by atoms with Gasteiger partial charge in [-0.15, -0.1) is 0 Å². The number of fused-ring (bicyclic) bond motifs is 1. The van der Waals surface area contributed by atoms with Crippen LogP contribution in [0, 0.1) is 11.8 Å². The minimum Gasteiger partial charge on any atom is -0.393 e. The smallest absolute Gasteiger partial charge is 0.270 e. The maximum absolute atomic E-state index is 12.5. The molecule has 1 aliphatic carbocycles. The summed E-state index contributed by atoms with van der Waals surface area (Å²) in [6, 6.07) is 1.61. The number of rotatable bonds is 1. The van der Waals surface area contributed by atoms with E-state index in [0.717, 1.165) is 19.4 Å². The van der Waals surface area contributed by atoms with Gasteiger partial charge < -0.3 is 14.6 Å². The molecule has 0 bridgehead atoms. The second-order valence-corrected chi connectivity index (χ2v) is 6.27. The summed E-state index contributed by atoms with van der Waals surface area (Å²) in [6.45, 7) is 1.35. The molecule has 1 aromatic heterocycles. The summed E-state index contributed by atoms with van der Waals surface area (Å²) in [6.07, 6.45) is 1.60. The van der Waals surface area contributed by atoms with Gasteiger partial charge in [0.15, 0.2) is 0 Å². The van der Waals surface area contributed by atoms with Gasteiger partial charge in [0.2, 0.25) is 0 Å². The van der Waals surface area contributed by atoms with Gasteiger partial charge in [0.05, 0.1) is 11.1 Å². The second kappa shape index (κ2) is 4.69. The number of hydrogen-bond donors (Lipinski definition) is 1. The Labute approximate surface area is 121 Å². The zero-order chi connectivity index (χ0) is 13.7. The molecule has 1 amide bonds. The van der Waals surface area contributed by atoms with E-state index in [1.807, 2.05) is 0 Å². The van der Waals surface area contributed by atoms with E-state index in [1.54, 1.807) is 22.6 Å². The highest BCUT2D eigenvalue weighted by Gasteiger charge is 2.43. The molecule has 0 spiro atoms. The minimum absolute atomic E-state index is 0.0575. The predicted molar refractivity (Wildman–Crippen MR) is 73.6 cm³/mol. The van der Waals surface area contributed by atoms with Crippen LogP contribution < -0.4 is 0 Å². The summed E-state index contributed by atoms with van der Waals surface area (Å²) < 4.78 is 1.61. The Balaban J connectivity index is 1.80. The van der Waals surface area contributed by atoms with Crippen LogP contribution in [0.3, 0.4) is 0 Å². The number of likely N-dealkylation sites (tertiary alicyclic amines) is 1. The average Bonchev–Trinajstić information content (AvgIpc) is 3.01. The molecule has 19 heavy (non-hydrogen) atoms. The Bertz CT molecular complexity index is 529. The standard InChI is InChI=1S/C13H16Cl2N2O2/c1-16-10(4-9(14)12(16)15)13(19)17-5-7-2-3-11(18)8(7)6-17/h4,7-8,11,18H,2-3,5-6H2,1H3. The molecule has 3 rings (SSSR count). The van der Waals surface area contributed by atoms with Crippen LogP contribution >= 0.6 is 23.2 Å². The van der Waals surface area contributed by atoms with Crippen molar-refractivity contribution < 1.29 is 9.90 Å². The number of nitrogens with zero attached hydrogens (tertiary/aromatic N) is 2. The van der Waals surface area contributed by atoms with Crippen LogP contribution in [0.15, 0.2) is 6.07 Å². The first-order chi connectivity index (χ1) is 8.99. The van der Waals surface area contributed by atoms with E-state index >= 15 is 0 Å². The van der Waals surface area contributed by atoms with Crippen molar-refractivity contribution in [1.82, 2.24) is 9.47 Å². The Morgan fingerprint density at radius 1 is 1.37 bits per heavy atom. The molecule has 1 aliphatic heterocycles. The second-order valence-electron chi connectivity index (χ2n) is 5.51. The van der Waals surface area contributed by atoms with Gasteiger partial charge in [-0.3, -0.25) is 4.79 Å². The fourth-order valence-electron chi connectivity index (χ4n) is 3.31. The third-order valence-corrected chi connectivity index (χ3v) is 5.28. The Kier molecular flexibility index (Phi) is 3.28. The van der Waals surface area contributed by atoms with Crippen LogP contribution in [0.5, 0.6) is 0 Å². The molecule has 2 aliphatic rings. The number of carbonyl (C=O) groups is 1. The number of aliphatic hydroxyl groups excluding tert-OH is 1. The lowest BCUT2D eigenvalue weighted by Gasteiger charge is -2.18. The lowest BCUT2D eigenvalue weighted by atomic mass is 10.00. The zero-order valence-corrected chi connectivity index (χ0v) is 12.2. The molecular weight excluding hydrogens is 287 g/mol. The summed E-state index contributed by atoms with van der Waals surface area (Å²) in [4.78, 5) is 14.3. The van der Waals surface area contributed by atoms with Gasteiger partial charge in [0, 0.05) is 26.1 Å². The van der Waals surface area contributed by atoms with Crippen molar-refractivity contribution >= 4 is 29.1 Å². The van der Waals surface area contributed by atoms with E-state index in [9.17, 15) is 9.90 Å². The molecule has 2 fully saturated rings. The number of aromatic nitrogens is 1. The van der Waals surface area contributed by atoms with Crippen molar-refractivity contribution in [2.45, 2.75) is 18.9 Å². The molecule has 1 saturated carbocycles. The summed E-state index contributed by atoms with van der Waals surface area (Å²) in [7, 11) is 1.73. The van der Waals surface area contributed by atoms with E-state index < -0.39 is 0 Å². The lowest BCUT2D eigenvalue weighted by Crippen LogP contribution is -2.32. The van der Waals surface area contributed by atoms with Gasteiger partial charge in [-0.25, -0.2) is 0 Å². The normalized spacial score (nSPS) is 29.9. The molecule has 0 aromatic carbocycles. The monoisotopic (exact) mass is 302 g/mol. The quantitative estimate of drug-likeness (QED) is 0.864. The molecule has 3 unspecified atom stereocenters. The SMILES string of the molecule is Cn1c(C(=O)N2CC3CCC(O)C3C2)cc(Cl)c1Cl. The molecule has 104 valence electrons. The first-order valence-corrected chi connectivity index (χ1v) is 7.22. The summed E-state index contributed by atoms with van der Waals surface area (Å²) in [5.41, 5.74) is 0.504. The van der Waals surface area contributed by atoms with Crippen molar-refractivity contribution in [1.29, 1.82) is 0 Å². The van der Waals surface area contributed by atoms with Gasteiger partial charge >= 0.3 is 0 Å². The molecule has 2 heterocycles. The fraction of sp³-hybridized carbons (Fsp3) is 0.615. The molecule has 6 heteroatoms. The van der Waals surface area contributed by atoms with Gasteiger partial charge in [-0.1, -0.05) is 23.2 Å². The molecule has 1 N–H and O–H groups in total. The highest BCUT2D eigenvalue weighted by molar-refractivity contribution is 6.41. The van der Waals surface area contributed by atoms with Crippen LogP contribution in [0.1, 0.15) is 23.3 Å². The van der Waals surface area contributed by atoms with Crippen LogP contribution in [0.25, 0.3) is 0 Å². The van der Waals surface area contributed by atoms with Crippen LogP contribution in [0.4, 0.5) is 0 Å². The summed E-state index contributed by atoms with van der Waals surface area (Å²) in [5.74, 6) is 0.609. The highest BCUT2D eigenvalue weighted by atomic mass is 35.5. The van der Waals surface area contributed by atoms with Gasteiger partial charge in [-0.05, 0) is 24.8 Å². The van der Waals surface area contributed by atoms with E-state index in [2.05, 4.69) is 0 Å². The number of halogens is 2. The number of carbonyl (C=O) groups excluding carboxylic acids is 1. The van der Waals surface area contributed by atoms with E-state index in [4.69, 9.17) is 23.2 Å². The lowest BCUT2D eigenvalue weighted by molar-refractivity contribution is 0.0743. The molecule has 1 saturated heterocycles. The van der Waals surface area contributed by atoms with E-state index in [-0.39, 0.29) is 17.9 Å². The maximum Gasteiger partial charge on any atom is 0.270 e. The highest BCUT2D eigenvalue weighted by Crippen LogP contribution is 2.38. The molecular formula is C13H16Cl2N2O2. The molecule has 4 nitrogen and oxygen atoms in total. The largest absolute Gasteiger partial charge is 0.393 e. The van der Waals surface area contributed by atoms with Gasteiger partial charge in [0.25, 0.3) is 5.91 Å². The molecule has 0 radical (unpaired) electrons. The van der Waals surface area contributed by atoms with Gasteiger partial charge in [0.1, 0.15) is 10.8 Å². The first-order valence-electron chi connectivity index (χ1n) is 6.47. The van der Waals surface area contributed by atoms with Crippen LogP contribution in [0.2, 0.25) is 10.2 Å². The van der Waals surface area contributed by atoms with Crippen molar-refractivity contribution in [3.8, 4) is 0 Å². The Hall–Kier alpha value is -0.710. The van der Waals surface area contributed by atoms with Crippen molar-refractivity contribution in [2.75, 3.05) is 13.1 Å². The molecule has 3 atom stereocenters. The Morgan fingerprint density at radius 2 is 2.11 bits per heavy atom. The predicted octanol–water partition coefficient (Wildman–Crippen LogP) is 2.17. The topological polar surface area (TPSA) is 45.5 Å². The van der Waals surface area contributed by atoms with Crippen LogP contribution in [-0.2, 0) is 7.05 Å². The summed E-state index contributed by atoms with van der Waals surface area (Å²) >= 11 is 11.9. The average molecular weight is 303 g/mol. The maximum atomic E-state index is 12.5. The number of aliphatic hydroxyl groups is 1. The van der Waals surface area contributed by atoms with Gasteiger partial charge in [-0.2, -0.15) is 0 Å². The van der Waals surface area contributed by atoms with Crippen LogP contribution in [-0.4, -0.2) is 39.7 Å². The van der Waals surface area contributed by atoms with Crippen molar-refractivity contribution in [2.24, 2.45) is 18.9 Å². The number of amides is 1.